The first kappa shape index (κ1) is 9.82. The van der Waals surface area contributed by atoms with Crippen LogP contribution in [0, 0.1) is 6.92 Å². The largest absolute Gasteiger partial charge is 0.477 e. The van der Waals surface area contributed by atoms with Crippen molar-refractivity contribution in [2.45, 2.75) is 11.9 Å². The lowest BCUT2D eigenvalue weighted by Crippen LogP contribution is -2.05. The van der Waals surface area contributed by atoms with Crippen molar-refractivity contribution < 1.29 is 18.7 Å². The summed E-state index contributed by atoms with van der Waals surface area (Å²) in [5.74, 6) is -1.22. The van der Waals surface area contributed by atoms with Crippen LogP contribution in [0.2, 0.25) is 0 Å². The lowest BCUT2D eigenvalue weighted by atomic mass is 10.3. The van der Waals surface area contributed by atoms with E-state index in [0.29, 0.717) is 5.56 Å². The van der Waals surface area contributed by atoms with Crippen LogP contribution in [0.5, 0.6) is 0 Å². The second-order valence-corrected chi connectivity index (χ2v) is 3.26. The maximum absolute atomic E-state index is 10.7. The molecule has 6 heteroatoms. The van der Waals surface area contributed by atoms with Crippen LogP contribution in [0.15, 0.2) is 17.2 Å². The molecule has 1 aromatic heterocycles. The predicted octanol–water partition coefficient (Wildman–Crippen LogP) is 0.669. The van der Waals surface area contributed by atoms with E-state index in [4.69, 9.17) is 9.66 Å². The van der Waals surface area contributed by atoms with Crippen LogP contribution in [0.3, 0.4) is 0 Å². The quantitative estimate of drug-likeness (QED) is 0.686. The van der Waals surface area contributed by atoms with Crippen LogP contribution in [-0.2, 0) is 11.1 Å². The smallest absolute Gasteiger partial charge is 0.354 e. The van der Waals surface area contributed by atoms with Crippen molar-refractivity contribution in [1.82, 2.24) is 4.98 Å². The highest BCUT2D eigenvalue weighted by Crippen LogP contribution is 2.09. The zero-order chi connectivity index (χ0) is 10.0. The summed E-state index contributed by atoms with van der Waals surface area (Å²) in [4.78, 5) is 14.0. The zero-order valence-corrected chi connectivity index (χ0v) is 7.54. The number of rotatable bonds is 2. The molecule has 13 heavy (non-hydrogen) atoms. The van der Waals surface area contributed by atoms with Gasteiger partial charge in [0.25, 0.3) is 0 Å². The first-order valence-corrected chi connectivity index (χ1v) is 4.45. The number of carboxylic acid groups (broad SMARTS) is 1. The Balaban J connectivity index is 3.27. The summed E-state index contributed by atoms with van der Waals surface area (Å²) < 4.78 is 19.4. The van der Waals surface area contributed by atoms with Gasteiger partial charge in [0, 0.05) is 0 Å². The minimum atomic E-state index is -2.24. The molecule has 70 valence electrons. The highest BCUT2D eigenvalue weighted by Gasteiger charge is 2.11. The first-order chi connectivity index (χ1) is 6.02. The fourth-order valence-electron chi connectivity index (χ4n) is 0.806. The molecule has 0 aliphatic heterocycles. The van der Waals surface area contributed by atoms with Gasteiger partial charge in [0.1, 0.15) is 5.69 Å². The fourth-order valence-corrected chi connectivity index (χ4v) is 1.33. The van der Waals surface area contributed by atoms with E-state index in [9.17, 15) is 9.00 Å². The number of aromatic nitrogens is 1. The Morgan fingerprint density at radius 2 is 2.15 bits per heavy atom. The van der Waals surface area contributed by atoms with Crippen LogP contribution in [0.25, 0.3) is 0 Å². The molecule has 5 nitrogen and oxygen atoms in total. The van der Waals surface area contributed by atoms with Crippen LogP contribution >= 0.6 is 0 Å². The number of pyridine rings is 1. The van der Waals surface area contributed by atoms with Gasteiger partial charge in [0.05, 0.1) is 0 Å². The van der Waals surface area contributed by atoms with Gasteiger partial charge >= 0.3 is 5.97 Å². The predicted molar refractivity (Wildman–Crippen MR) is 45.0 cm³/mol. The van der Waals surface area contributed by atoms with Gasteiger partial charge in [-0.2, -0.15) is 0 Å². The molecule has 0 bridgehead atoms. The van der Waals surface area contributed by atoms with E-state index in [1.807, 2.05) is 0 Å². The number of carbonyl (C=O) groups is 1. The highest BCUT2D eigenvalue weighted by atomic mass is 32.2. The van der Waals surface area contributed by atoms with Gasteiger partial charge in [-0.15, -0.1) is 0 Å². The molecule has 1 rings (SSSR count). The number of nitrogens with zero attached hydrogens (tertiary/aromatic N) is 1. The Labute approximate surface area is 76.7 Å². The van der Waals surface area contributed by atoms with Crippen LogP contribution < -0.4 is 0 Å². The fraction of sp³-hybridized carbons (Fsp3) is 0.143. The zero-order valence-electron chi connectivity index (χ0n) is 6.72. The molecule has 1 unspecified atom stereocenters. The summed E-state index contributed by atoms with van der Waals surface area (Å²) in [6, 6.07) is 2.73. The van der Waals surface area contributed by atoms with Crippen LogP contribution in [0.1, 0.15) is 16.1 Å². The summed E-state index contributed by atoms with van der Waals surface area (Å²) >= 11 is -2.24. The van der Waals surface area contributed by atoms with Crippen molar-refractivity contribution in [1.29, 1.82) is 0 Å². The molecular formula is C7H7NO4S. The van der Waals surface area contributed by atoms with Crippen molar-refractivity contribution in [2.24, 2.45) is 0 Å². The second-order valence-electron chi connectivity index (χ2n) is 2.37. The first-order valence-electron chi connectivity index (χ1n) is 3.34. The molecule has 1 heterocycles. The third kappa shape index (κ3) is 2.10. The molecular weight excluding hydrogens is 194 g/mol. The minimum absolute atomic E-state index is 0.111. The number of aromatic carboxylic acids is 1. The average Bonchev–Trinajstić information content (AvgIpc) is 2.04. The maximum Gasteiger partial charge on any atom is 0.354 e. The molecule has 0 saturated heterocycles. The van der Waals surface area contributed by atoms with Gasteiger partial charge in [-0.1, -0.05) is 6.07 Å². The van der Waals surface area contributed by atoms with Crippen molar-refractivity contribution in [3.63, 3.8) is 0 Å². The highest BCUT2D eigenvalue weighted by molar-refractivity contribution is 7.79. The number of hydrogen-bond acceptors (Lipinski definition) is 3. The lowest BCUT2D eigenvalue weighted by molar-refractivity contribution is 0.0689. The molecule has 1 atom stereocenters. The van der Waals surface area contributed by atoms with E-state index >= 15 is 0 Å². The number of carboxylic acids is 1. The summed E-state index contributed by atoms with van der Waals surface area (Å²) in [5.41, 5.74) is 0.258. The third-order valence-electron chi connectivity index (χ3n) is 1.44. The Hall–Kier alpha value is -1.27. The molecule has 0 amide bonds. The Bertz CT molecular complexity index is 377. The molecule has 2 N–H and O–H groups in total. The summed E-state index contributed by atoms with van der Waals surface area (Å²) in [5, 5.41) is 8.43. The van der Waals surface area contributed by atoms with Gasteiger partial charge in [0.2, 0.25) is 11.1 Å². The molecule has 0 saturated carbocycles. The van der Waals surface area contributed by atoms with Crippen LogP contribution in [-0.4, -0.2) is 24.8 Å². The second kappa shape index (κ2) is 3.63. The monoisotopic (exact) mass is 201 g/mol. The number of hydrogen-bond donors (Lipinski definition) is 2. The third-order valence-corrected chi connectivity index (χ3v) is 2.18. The van der Waals surface area contributed by atoms with Gasteiger partial charge in [0.15, 0.2) is 5.03 Å². The van der Waals surface area contributed by atoms with E-state index in [1.54, 1.807) is 6.92 Å². The number of aryl methyl sites for hydroxylation is 1. The Morgan fingerprint density at radius 3 is 2.62 bits per heavy atom. The van der Waals surface area contributed by atoms with E-state index in [2.05, 4.69) is 4.98 Å². The van der Waals surface area contributed by atoms with E-state index in [0.717, 1.165) is 0 Å². The van der Waals surface area contributed by atoms with Gasteiger partial charge in [-0.05, 0) is 18.6 Å². The maximum atomic E-state index is 10.7. The van der Waals surface area contributed by atoms with Crippen molar-refractivity contribution >= 4 is 17.0 Å². The van der Waals surface area contributed by atoms with E-state index in [-0.39, 0.29) is 10.7 Å². The molecule has 0 spiro atoms. The van der Waals surface area contributed by atoms with Crippen LogP contribution in [0.4, 0.5) is 0 Å². The molecule has 0 aliphatic carbocycles. The SMILES string of the molecule is Cc1ccc(C(=O)O)nc1S(=O)O. The Morgan fingerprint density at radius 1 is 1.54 bits per heavy atom. The summed E-state index contributed by atoms with van der Waals surface area (Å²) in [6.07, 6.45) is 0. The standard InChI is InChI=1S/C7H7NO4S/c1-4-2-3-5(7(9)10)8-6(4)13(11)12/h2-3H,1H3,(H,9,10)(H,11,12). The van der Waals surface area contributed by atoms with Gasteiger partial charge in [-0.3, -0.25) is 0 Å². The molecule has 0 aliphatic rings. The van der Waals surface area contributed by atoms with Crippen molar-refractivity contribution in [3.05, 3.63) is 23.4 Å². The summed E-state index contributed by atoms with van der Waals surface area (Å²) in [7, 11) is 0. The topological polar surface area (TPSA) is 87.5 Å². The molecule has 0 radical (unpaired) electrons. The van der Waals surface area contributed by atoms with E-state index < -0.39 is 17.0 Å². The van der Waals surface area contributed by atoms with Gasteiger partial charge < -0.3 is 9.66 Å². The van der Waals surface area contributed by atoms with Crippen molar-refractivity contribution in [3.8, 4) is 0 Å². The molecule has 0 fully saturated rings. The normalized spacial score (nSPS) is 12.5. The van der Waals surface area contributed by atoms with E-state index in [1.165, 1.54) is 12.1 Å². The molecule has 0 aromatic carbocycles. The average molecular weight is 201 g/mol. The lowest BCUT2D eigenvalue weighted by Gasteiger charge is -2.00. The van der Waals surface area contributed by atoms with Gasteiger partial charge in [-0.25, -0.2) is 14.0 Å². The minimum Gasteiger partial charge on any atom is -0.477 e. The van der Waals surface area contributed by atoms with Crippen molar-refractivity contribution in [2.75, 3.05) is 0 Å². The summed E-state index contributed by atoms with van der Waals surface area (Å²) in [6.45, 7) is 1.59. The molecule has 1 aromatic rings. The Kier molecular flexibility index (Phi) is 2.74.